The first-order valence-corrected chi connectivity index (χ1v) is 8.44. The van der Waals surface area contributed by atoms with E-state index in [1.165, 1.54) is 0 Å². The topological polar surface area (TPSA) is 84.1 Å². The zero-order valence-corrected chi connectivity index (χ0v) is 13.5. The van der Waals surface area contributed by atoms with Gasteiger partial charge >= 0.3 is 0 Å². The third-order valence-corrected chi connectivity index (χ3v) is 4.88. The first-order valence-electron chi connectivity index (χ1n) is 8.44. The standard InChI is InChI=1S/C18H21N5O/c19-18-21-10-13-9-16(24)23(11-12-5-7-20-8-6-12)15-4-2-1-3-14(15)17(13)22-18/h1-4,10,12,20H,5-9,11H2,(H2,19,21,22). The van der Waals surface area contributed by atoms with Crippen LogP contribution in [0.4, 0.5) is 11.6 Å². The van der Waals surface area contributed by atoms with Crippen LogP contribution in [-0.2, 0) is 11.2 Å². The van der Waals surface area contributed by atoms with Gasteiger partial charge in [-0.1, -0.05) is 18.2 Å². The van der Waals surface area contributed by atoms with E-state index in [0.29, 0.717) is 12.3 Å². The van der Waals surface area contributed by atoms with Crippen molar-refractivity contribution in [2.45, 2.75) is 19.3 Å². The van der Waals surface area contributed by atoms with E-state index in [1.807, 2.05) is 29.2 Å². The van der Waals surface area contributed by atoms with Crippen LogP contribution in [0.15, 0.2) is 30.5 Å². The minimum absolute atomic E-state index is 0.105. The van der Waals surface area contributed by atoms with Gasteiger partial charge in [0.25, 0.3) is 0 Å². The summed E-state index contributed by atoms with van der Waals surface area (Å²) < 4.78 is 0. The molecule has 3 N–H and O–H groups in total. The van der Waals surface area contributed by atoms with Crippen LogP contribution in [0.5, 0.6) is 0 Å². The average Bonchev–Trinajstić information content (AvgIpc) is 2.72. The lowest BCUT2D eigenvalue weighted by atomic mass is 9.97. The summed E-state index contributed by atoms with van der Waals surface area (Å²) in [6.07, 6.45) is 4.20. The van der Waals surface area contributed by atoms with Gasteiger partial charge in [0.1, 0.15) is 0 Å². The molecule has 0 aliphatic carbocycles. The summed E-state index contributed by atoms with van der Waals surface area (Å²) in [5, 5.41) is 3.38. The van der Waals surface area contributed by atoms with Crippen LogP contribution < -0.4 is 16.0 Å². The summed E-state index contributed by atoms with van der Waals surface area (Å²) in [4.78, 5) is 23.3. The molecule has 124 valence electrons. The molecular formula is C18H21N5O. The van der Waals surface area contributed by atoms with Crippen molar-refractivity contribution in [1.29, 1.82) is 0 Å². The fraction of sp³-hybridized carbons (Fsp3) is 0.389. The molecule has 1 amide bonds. The van der Waals surface area contributed by atoms with Crippen molar-refractivity contribution in [3.63, 3.8) is 0 Å². The molecule has 0 unspecified atom stereocenters. The third kappa shape index (κ3) is 2.73. The molecule has 2 aliphatic rings. The van der Waals surface area contributed by atoms with Gasteiger partial charge in [-0.2, -0.15) is 0 Å². The Morgan fingerprint density at radius 2 is 2.04 bits per heavy atom. The van der Waals surface area contributed by atoms with Gasteiger partial charge in [0.2, 0.25) is 11.9 Å². The number of nitrogens with two attached hydrogens (primary N) is 1. The molecule has 1 aromatic heterocycles. The van der Waals surface area contributed by atoms with Crippen molar-refractivity contribution in [1.82, 2.24) is 15.3 Å². The Balaban J connectivity index is 1.76. The lowest BCUT2D eigenvalue weighted by Crippen LogP contribution is -2.39. The molecule has 2 aliphatic heterocycles. The number of benzene rings is 1. The fourth-order valence-electron chi connectivity index (χ4n) is 3.61. The molecule has 0 bridgehead atoms. The Hall–Kier alpha value is -2.47. The number of piperidine rings is 1. The SMILES string of the molecule is Nc1ncc2c(n1)-c1ccccc1N(CC1CCNCC1)C(=O)C2. The highest BCUT2D eigenvalue weighted by Gasteiger charge is 2.29. The minimum Gasteiger partial charge on any atom is -0.368 e. The van der Waals surface area contributed by atoms with E-state index in [-0.39, 0.29) is 11.9 Å². The van der Waals surface area contributed by atoms with Crippen molar-refractivity contribution in [3.05, 3.63) is 36.0 Å². The molecule has 1 fully saturated rings. The number of fused-ring (bicyclic) bond motifs is 3. The molecule has 3 heterocycles. The first-order chi connectivity index (χ1) is 11.7. The van der Waals surface area contributed by atoms with Crippen LogP contribution in [0.25, 0.3) is 11.3 Å². The molecule has 2 aromatic rings. The highest BCUT2D eigenvalue weighted by atomic mass is 16.2. The van der Waals surface area contributed by atoms with E-state index >= 15 is 0 Å². The Morgan fingerprint density at radius 3 is 2.88 bits per heavy atom. The maximum atomic E-state index is 12.9. The molecule has 1 aromatic carbocycles. The fourth-order valence-corrected chi connectivity index (χ4v) is 3.61. The highest BCUT2D eigenvalue weighted by Crippen LogP contribution is 2.36. The molecule has 24 heavy (non-hydrogen) atoms. The van der Waals surface area contributed by atoms with Crippen LogP contribution >= 0.6 is 0 Å². The number of hydrogen-bond acceptors (Lipinski definition) is 5. The number of anilines is 2. The number of para-hydroxylation sites is 1. The van der Waals surface area contributed by atoms with Crippen LogP contribution in [0.2, 0.25) is 0 Å². The smallest absolute Gasteiger partial charge is 0.231 e. The van der Waals surface area contributed by atoms with Gasteiger partial charge in [0, 0.05) is 23.9 Å². The Labute approximate surface area is 141 Å². The predicted molar refractivity (Wildman–Crippen MR) is 93.5 cm³/mol. The molecule has 0 atom stereocenters. The van der Waals surface area contributed by atoms with Crippen LogP contribution in [-0.4, -0.2) is 35.5 Å². The van der Waals surface area contributed by atoms with Gasteiger partial charge in [0.05, 0.1) is 17.8 Å². The second-order valence-corrected chi connectivity index (χ2v) is 6.49. The summed E-state index contributed by atoms with van der Waals surface area (Å²) in [7, 11) is 0. The Kier molecular flexibility index (Phi) is 3.90. The van der Waals surface area contributed by atoms with Crippen molar-refractivity contribution in [2.24, 2.45) is 5.92 Å². The van der Waals surface area contributed by atoms with Crippen molar-refractivity contribution < 1.29 is 4.79 Å². The second-order valence-electron chi connectivity index (χ2n) is 6.49. The second kappa shape index (κ2) is 6.20. The van der Waals surface area contributed by atoms with E-state index in [4.69, 9.17) is 5.73 Å². The van der Waals surface area contributed by atoms with E-state index in [9.17, 15) is 4.79 Å². The highest BCUT2D eigenvalue weighted by molar-refractivity contribution is 6.01. The molecule has 0 saturated carbocycles. The zero-order chi connectivity index (χ0) is 16.5. The average molecular weight is 323 g/mol. The molecule has 0 radical (unpaired) electrons. The van der Waals surface area contributed by atoms with Gasteiger partial charge in [-0.05, 0) is 37.9 Å². The van der Waals surface area contributed by atoms with Crippen molar-refractivity contribution in [3.8, 4) is 11.3 Å². The third-order valence-electron chi connectivity index (χ3n) is 4.88. The lowest BCUT2D eigenvalue weighted by Gasteiger charge is -2.30. The van der Waals surface area contributed by atoms with E-state index in [1.54, 1.807) is 6.20 Å². The number of carbonyl (C=O) groups excluding carboxylic acids is 1. The quantitative estimate of drug-likeness (QED) is 0.877. The van der Waals surface area contributed by atoms with Gasteiger partial charge in [-0.15, -0.1) is 0 Å². The van der Waals surface area contributed by atoms with Crippen molar-refractivity contribution >= 4 is 17.5 Å². The summed E-state index contributed by atoms with van der Waals surface area (Å²) in [6, 6.07) is 7.95. The number of aromatic nitrogens is 2. The van der Waals surface area contributed by atoms with E-state index in [2.05, 4.69) is 15.3 Å². The first kappa shape index (κ1) is 15.1. The number of nitrogens with one attached hydrogen (secondary N) is 1. The molecule has 6 heteroatoms. The summed E-state index contributed by atoms with van der Waals surface area (Å²) in [5.74, 6) is 0.872. The van der Waals surface area contributed by atoms with E-state index in [0.717, 1.165) is 55.0 Å². The number of rotatable bonds is 2. The summed E-state index contributed by atoms with van der Waals surface area (Å²) >= 11 is 0. The van der Waals surface area contributed by atoms with Gasteiger partial charge in [-0.3, -0.25) is 4.79 Å². The molecule has 6 nitrogen and oxygen atoms in total. The summed E-state index contributed by atoms with van der Waals surface area (Å²) in [5.41, 5.74) is 9.29. The Morgan fingerprint density at radius 1 is 1.25 bits per heavy atom. The largest absolute Gasteiger partial charge is 0.368 e. The number of carbonyl (C=O) groups is 1. The lowest BCUT2D eigenvalue weighted by molar-refractivity contribution is -0.118. The normalized spacial score (nSPS) is 18.0. The van der Waals surface area contributed by atoms with Crippen LogP contribution in [0, 0.1) is 5.92 Å². The van der Waals surface area contributed by atoms with Gasteiger partial charge in [0.15, 0.2) is 0 Å². The monoisotopic (exact) mass is 323 g/mol. The number of hydrogen-bond donors (Lipinski definition) is 2. The van der Waals surface area contributed by atoms with Crippen LogP contribution in [0.1, 0.15) is 18.4 Å². The Bertz CT molecular complexity index is 770. The van der Waals surface area contributed by atoms with Gasteiger partial charge in [-0.25, -0.2) is 9.97 Å². The van der Waals surface area contributed by atoms with E-state index < -0.39 is 0 Å². The molecule has 4 rings (SSSR count). The maximum Gasteiger partial charge on any atom is 0.231 e. The number of nitrogen functional groups attached to an aromatic ring is 1. The van der Waals surface area contributed by atoms with Crippen LogP contribution in [0.3, 0.4) is 0 Å². The molecule has 1 saturated heterocycles. The minimum atomic E-state index is 0.105. The molecular weight excluding hydrogens is 302 g/mol. The molecule has 0 spiro atoms. The zero-order valence-electron chi connectivity index (χ0n) is 13.5. The maximum absolute atomic E-state index is 12.9. The van der Waals surface area contributed by atoms with Crippen molar-refractivity contribution in [2.75, 3.05) is 30.3 Å². The number of nitrogens with zero attached hydrogens (tertiary/aromatic N) is 3. The number of amides is 1. The summed E-state index contributed by atoms with van der Waals surface area (Å²) in [6.45, 7) is 2.81. The van der Waals surface area contributed by atoms with Gasteiger partial charge < -0.3 is 16.0 Å². The predicted octanol–water partition coefficient (Wildman–Crippen LogP) is 1.61.